The zero-order chi connectivity index (χ0) is 14.4. The molecule has 20 heavy (non-hydrogen) atoms. The van der Waals surface area contributed by atoms with Crippen LogP contribution in [-0.2, 0) is 9.53 Å². The SMILES string of the molecule is CCCNC1(C(=O)O)CCCC(OCCC2CCC2)C1. The Labute approximate surface area is 122 Å². The van der Waals surface area contributed by atoms with Crippen molar-refractivity contribution < 1.29 is 14.6 Å². The number of hydrogen-bond acceptors (Lipinski definition) is 3. The van der Waals surface area contributed by atoms with Crippen molar-refractivity contribution in [2.75, 3.05) is 13.2 Å². The first-order chi connectivity index (χ1) is 9.66. The van der Waals surface area contributed by atoms with Crippen molar-refractivity contribution in [2.45, 2.75) is 76.4 Å². The van der Waals surface area contributed by atoms with E-state index in [4.69, 9.17) is 4.74 Å². The van der Waals surface area contributed by atoms with Crippen molar-refractivity contribution in [3.05, 3.63) is 0 Å². The highest BCUT2D eigenvalue weighted by Gasteiger charge is 2.42. The largest absolute Gasteiger partial charge is 0.480 e. The summed E-state index contributed by atoms with van der Waals surface area (Å²) >= 11 is 0. The normalized spacial score (nSPS) is 30.9. The molecule has 0 radical (unpaired) electrons. The molecule has 4 nitrogen and oxygen atoms in total. The van der Waals surface area contributed by atoms with Gasteiger partial charge in [0, 0.05) is 13.0 Å². The molecule has 2 N–H and O–H groups in total. The molecule has 0 amide bonds. The van der Waals surface area contributed by atoms with Crippen molar-refractivity contribution in [2.24, 2.45) is 5.92 Å². The maximum Gasteiger partial charge on any atom is 0.323 e. The Balaban J connectivity index is 1.79. The van der Waals surface area contributed by atoms with E-state index in [0.29, 0.717) is 6.42 Å². The second-order valence-electron chi connectivity index (χ2n) is 6.49. The van der Waals surface area contributed by atoms with Gasteiger partial charge in [0.1, 0.15) is 5.54 Å². The molecule has 0 aromatic carbocycles. The lowest BCUT2D eigenvalue weighted by atomic mass is 9.79. The topological polar surface area (TPSA) is 58.6 Å². The zero-order valence-electron chi connectivity index (χ0n) is 12.7. The van der Waals surface area contributed by atoms with Crippen molar-refractivity contribution in [1.82, 2.24) is 5.32 Å². The minimum absolute atomic E-state index is 0.115. The first-order valence-electron chi connectivity index (χ1n) is 8.26. The number of carboxylic acid groups (broad SMARTS) is 1. The third-order valence-corrected chi connectivity index (χ3v) is 4.93. The molecule has 0 saturated heterocycles. The number of hydrogen-bond donors (Lipinski definition) is 2. The molecule has 2 aliphatic carbocycles. The first-order valence-corrected chi connectivity index (χ1v) is 8.26. The van der Waals surface area contributed by atoms with Gasteiger partial charge >= 0.3 is 5.97 Å². The molecular formula is C16H29NO3. The molecule has 4 heteroatoms. The van der Waals surface area contributed by atoms with Crippen LogP contribution in [0.3, 0.4) is 0 Å². The summed E-state index contributed by atoms with van der Waals surface area (Å²) < 4.78 is 5.97. The van der Waals surface area contributed by atoms with Crippen LogP contribution in [0.5, 0.6) is 0 Å². The van der Waals surface area contributed by atoms with Crippen molar-refractivity contribution >= 4 is 5.97 Å². The fraction of sp³-hybridized carbons (Fsp3) is 0.938. The Morgan fingerprint density at radius 2 is 2.15 bits per heavy atom. The molecule has 2 unspecified atom stereocenters. The van der Waals surface area contributed by atoms with E-state index in [1.54, 1.807) is 0 Å². The van der Waals surface area contributed by atoms with Gasteiger partial charge in [0.25, 0.3) is 0 Å². The van der Waals surface area contributed by atoms with Crippen molar-refractivity contribution in [3.8, 4) is 0 Å². The van der Waals surface area contributed by atoms with Crippen LogP contribution in [0, 0.1) is 5.92 Å². The predicted octanol–water partition coefficient (Wildman–Crippen LogP) is 2.96. The van der Waals surface area contributed by atoms with E-state index in [2.05, 4.69) is 12.2 Å². The van der Waals surface area contributed by atoms with Gasteiger partial charge in [-0.05, 0) is 44.6 Å². The number of rotatable bonds is 8. The van der Waals surface area contributed by atoms with Crippen LogP contribution in [0.15, 0.2) is 0 Å². The van der Waals surface area contributed by atoms with Gasteiger partial charge in [0.05, 0.1) is 6.10 Å². The van der Waals surface area contributed by atoms with Crippen LogP contribution in [-0.4, -0.2) is 35.9 Å². The fourth-order valence-electron chi connectivity index (χ4n) is 3.34. The summed E-state index contributed by atoms with van der Waals surface area (Å²) in [5.74, 6) is 0.152. The third-order valence-electron chi connectivity index (χ3n) is 4.93. The first kappa shape index (κ1) is 15.8. The van der Waals surface area contributed by atoms with E-state index in [1.807, 2.05) is 0 Å². The van der Waals surface area contributed by atoms with E-state index in [9.17, 15) is 9.90 Å². The molecule has 116 valence electrons. The molecule has 0 aromatic heterocycles. The Kier molecular flexibility index (Phi) is 5.85. The van der Waals surface area contributed by atoms with Crippen LogP contribution < -0.4 is 5.32 Å². The molecule has 2 saturated carbocycles. The average molecular weight is 283 g/mol. The predicted molar refractivity (Wildman–Crippen MR) is 78.8 cm³/mol. The minimum Gasteiger partial charge on any atom is -0.480 e. The van der Waals surface area contributed by atoms with Crippen molar-refractivity contribution in [3.63, 3.8) is 0 Å². The standard InChI is InChI=1S/C16H29NO3/c1-2-10-17-16(15(18)19)9-4-7-14(12-16)20-11-8-13-5-3-6-13/h13-14,17H,2-12H2,1H3,(H,18,19). The molecule has 0 heterocycles. The summed E-state index contributed by atoms with van der Waals surface area (Å²) in [6, 6.07) is 0. The summed E-state index contributed by atoms with van der Waals surface area (Å²) in [6.45, 7) is 3.64. The maximum absolute atomic E-state index is 11.6. The molecular weight excluding hydrogens is 254 g/mol. The van der Waals surface area contributed by atoms with Gasteiger partial charge in [-0.1, -0.05) is 26.2 Å². The highest BCUT2D eigenvalue weighted by Crippen LogP contribution is 2.32. The molecule has 2 atom stereocenters. The van der Waals surface area contributed by atoms with Gasteiger partial charge in [-0.3, -0.25) is 4.79 Å². The monoisotopic (exact) mass is 283 g/mol. The smallest absolute Gasteiger partial charge is 0.323 e. The van der Waals surface area contributed by atoms with Crippen LogP contribution in [0.2, 0.25) is 0 Å². The lowest BCUT2D eigenvalue weighted by Gasteiger charge is -2.38. The maximum atomic E-state index is 11.6. The molecule has 0 bridgehead atoms. The quantitative estimate of drug-likeness (QED) is 0.719. The van der Waals surface area contributed by atoms with Gasteiger partial charge in [-0.2, -0.15) is 0 Å². The van der Waals surface area contributed by atoms with E-state index < -0.39 is 11.5 Å². The van der Waals surface area contributed by atoms with Crippen LogP contribution in [0.1, 0.15) is 64.7 Å². The second-order valence-corrected chi connectivity index (χ2v) is 6.49. The van der Waals surface area contributed by atoms with Crippen LogP contribution in [0.4, 0.5) is 0 Å². The molecule has 2 fully saturated rings. The Morgan fingerprint density at radius 1 is 1.35 bits per heavy atom. The molecule has 2 rings (SSSR count). The van der Waals surface area contributed by atoms with Gasteiger partial charge in [0.2, 0.25) is 0 Å². The molecule has 2 aliphatic rings. The third kappa shape index (κ3) is 3.95. The number of nitrogens with one attached hydrogen (secondary N) is 1. The lowest BCUT2D eigenvalue weighted by molar-refractivity contribution is -0.149. The Hall–Kier alpha value is -0.610. The van der Waals surface area contributed by atoms with E-state index >= 15 is 0 Å². The summed E-state index contributed by atoms with van der Waals surface area (Å²) in [5.41, 5.74) is -0.755. The number of carboxylic acids is 1. The van der Waals surface area contributed by atoms with Gasteiger partial charge in [-0.25, -0.2) is 0 Å². The highest BCUT2D eigenvalue weighted by molar-refractivity contribution is 5.79. The molecule has 0 aliphatic heterocycles. The van der Waals surface area contributed by atoms with Crippen molar-refractivity contribution in [1.29, 1.82) is 0 Å². The zero-order valence-corrected chi connectivity index (χ0v) is 12.7. The minimum atomic E-state index is -0.755. The van der Waals surface area contributed by atoms with E-state index in [-0.39, 0.29) is 6.10 Å². The van der Waals surface area contributed by atoms with Crippen LogP contribution >= 0.6 is 0 Å². The van der Waals surface area contributed by atoms with Gasteiger partial charge in [-0.15, -0.1) is 0 Å². The molecule has 0 aromatic rings. The number of ether oxygens (including phenoxy) is 1. The summed E-state index contributed by atoms with van der Waals surface area (Å²) in [7, 11) is 0. The summed E-state index contributed by atoms with van der Waals surface area (Å²) in [4.78, 5) is 11.6. The van der Waals surface area contributed by atoms with E-state index in [0.717, 1.165) is 51.2 Å². The summed E-state index contributed by atoms with van der Waals surface area (Å²) in [5, 5.41) is 12.8. The van der Waals surface area contributed by atoms with E-state index in [1.165, 1.54) is 19.3 Å². The number of aliphatic carboxylic acids is 1. The lowest BCUT2D eigenvalue weighted by Crippen LogP contribution is -2.56. The molecule has 0 spiro atoms. The second kappa shape index (κ2) is 7.41. The number of carbonyl (C=O) groups is 1. The highest BCUT2D eigenvalue weighted by atomic mass is 16.5. The van der Waals surface area contributed by atoms with Crippen LogP contribution in [0.25, 0.3) is 0 Å². The Morgan fingerprint density at radius 3 is 2.75 bits per heavy atom. The summed E-state index contributed by atoms with van der Waals surface area (Å²) in [6.07, 6.45) is 9.60. The Bertz CT molecular complexity index is 317. The fourth-order valence-corrected chi connectivity index (χ4v) is 3.34. The van der Waals surface area contributed by atoms with Gasteiger partial charge in [0.15, 0.2) is 0 Å². The average Bonchev–Trinajstić information content (AvgIpc) is 2.39. The van der Waals surface area contributed by atoms with Gasteiger partial charge < -0.3 is 15.2 Å².